The number of nitrogens with zero attached hydrogens (tertiary/aromatic N) is 2. The van der Waals surface area contributed by atoms with Gasteiger partial charge in [0.25, 0.3) is 5.91 Å². The molecule has 30 heavy (non-hydrogen) atoms. The normalized spacial score (nSPS) is 22.3. The molecule has 2 aliphatic rings. The Morgan fingerprint density at radius 2 is 1.87 bits per heavy atom. The predicted octanol–water partition coefficient (Wildman–Crippen LogP) is 2.58. The van der Waals surface area contributed by atoms with Crippen molar-refractivity contribution in [3.8, 4) is 16.9 Å². The van der Waals surface area contributed by atoms with Crippen molar-refractivity contribution in [2.75, 3.05) is 53.0 Å². The zero-order valence-corrected chi connectivity index (χ0v) is 17.8. The van der Waals surface area contributed by atoms with E-state index in [1.165, 1.54) is 0 Å². The smallest absolute Gasteiger partial charge is 0.254 e. The molecule has 2 fully saturated rings. The Morgan fingerprint density at radius 1 is 1.13 bits per heavy atom. The molecule has 6 nitrogen and oxygen atoms in total. The number of carbonyl (C=O) groups excluding carboxylic acids is 1. The molecule has 2 aliphatic heterocycles. The molecule has 0 spiro atoms. The van der Waals surface area contributed by atoms with Crippen LogP contribution in [-0.4, -0.2) is 79.5 Å². The van der Waals surface area contributed by atoms with Gasteiger partial charge in [0.15, 0.2) is 0 Å². The van der Waals surface area contributed by atoms with Gasteiger partial charge in [-0.05, 0) is 48.2 Å². The molecule has 4 rings (SSSR count). The first-order chi connectivity index (χ1) is 14.5. The highest BCUT2D eigenvalue weighted by atomic mass is 16.5. The third-order valence-electron chi connectivity index (χ3n) is 6.21. The van der Waals surface area contributed by atoms with Crippen molar-refractivity contribution in [1.29, 1.82) is 0 Å². The van der Waals surface area contributed by atoms with Crippen LogP contribution in [0.5, 0.6) is 5.75 Å². The number of β-amino-alcohol motifs (C(OH)–C–C–N with tert-alkyl or cyclic N) is 1. The van der Waals surface area contributed by atoms with Crippen molar-refractivity contribution in [1.82, 2.24) is 9.80 Å². The van der Waals surface area contributed by atoms with Gasteiger partial charge in [-0.15, -0.1) is 0 Å². The van der Waals surface area contributed by atoms with Gasteiger partial charge in [0.2, 0.25) is 0 Å². The molecule has 0 bridgehead atoms. The highest BCUT2D eigenvalue weighted by molar-refractivity contribution is 5.97. The molecule has 0 radical (unpaired) electrons. The summed E-state index contributed by atoms with van der Waals surface area (Å²) in [6, 6.07) is 13.7. The molecular weight excluding hydrogens is 380 g/mol. The fourth-order valence-corrected chi connectivity index (χ4v) is 4.46. The molecule has 6 heteroatoms. The minimum Gasteiger partial charge on any atom is -0.497 e. The van der Waals surface area contributed by atoms with Gasteiger partial charge >= 0.3 is 0 Å². The number of hydrogen-bond acceptors (Lipinski definition) is 5. The van der Waals surface area contributed by atoms with Crippen molar-refractivity contribution >= 4 is 5.91 Å². The Bertz CT molecular complexity index is 893. The first kappa shape index (κ1) is 20.8. The van der Waals surface area contributed by atoms with E-state index in [2.05, 4.69) is 4.90 Å². The lowest BCUT2D eigenvalue weighted by molar-refractivity contribution is -0.0257. The van der Waals surface area contributed by atoms with Gasteiger partial charge in [0.1, 0.15) is 5.75 Å². The Labute approximate surface area is 178 Å². The predicted molar refractivity (Wildman–Crippen MR) is 116 cm³/mol. The van der Waals surface area contributed by atoms with Gasteiger partial charge in [0, 0.05) is 31.7 Å². The van der Waals surface area contributed by atoms with E-state index in [-0.39, 0.29) is 5.91 Å². The van der Waals surface area contributed by atoms with Crippen LogP contribution in [0.1, 0.15) is 22.3 Å². The second-order valence-electron chi connectivity index (χ2n) is 8.30. The minimum atomic E-state index is -0.853. The molecule has 0 aliphatic carbocycles. The largest absolute Gasteiger partial charge is 0.497 e. The lowest BCUT2D eigenvalue weighted by atomic mass is 9.95. The quantitative estimate of drug-likeness (QED) is 0.821. The number of carbonyl (C=O) groups is 1. The summed E-state index contributed by atoms with van der Waals surface area (Å²) in [4.78, 5) is 17.3. The van der Waals surface area contributed by atoms with Crippen LogP contribution >= 0.6 is 0 Å². The summed E-state index contributed by atoms with van der Waals surface area (Å²) in [6.45, 7) is 6.60. The van der Waals surface area contributed by atoms with Crippen molar-refractivity contribution in [2.45, 2.75) is 18.9 Å². The fraction of sp³-hybridized carbons (Fsp3) is 0.458. The number of ether oxygens (including phenoxy) is 2. The van der Waals surface area contributed by atoms with Crippen LogP contribution in [-0.2, 0) is 4.74 Å². The molecule has 1 N–H and O–H groups in total. The summed E-state index contributed by atoms with van der Waals surface area (Å²) in [6.07, 6.45) is 0.604. The van der Waals surface area contributed by atoms with Gasteiger partial charge in [-0.1, -0.05) is 24.3 Å². The number of aliphatic hydroxyl groups is 1. The molecule has 0 unspecified atom stereocenters. The Balaban J connectivity index is 1.49. The first-order valence-corrected chi connectivity index (χ1v) is 10.5. The monoisotopic (exact) mass is 410 g/mol. The van der Waals surface area contributed by atoms with E-state index in [0.29, 0.717) is 44.8 Å². The third-order valence-corrected chi connectivity index (χ3v) is 6.21. The van der Waals surface area contributed by atoms with Crippen molar-refractivity contribution in [3.05, 3.63) is 53.6 Å². The molecule has 0 saturated carbocycles. The molecule has 0 aromatic heterocycles. The summed E-state index contributed by atoms with van der Waals surface area (Å²) in [5.41, 5.74) is 2.88. The average molecular weight is 411 g/mol. The summed E-state index contributed by atoms with van der Waals surface area (Å²) >= 11 is 0. The molecule has 1 atom stereocenters. The van der Waals surface area contributed by atoms with E-state index in [1.54, 1.807) is 12.0 Å². The number of morpholine rings is 1. The number of benzene rings is 2. The lowest BCUT2D eigenvalue weighted by Gasteiger charge is -2.33. The summed E-state index contributed by atoms with van der Waals surface area (Å²) in [5.74, 6) is 0.793. The zero-order valence-electron chi connectivity index (χ0n) is 17.8. The second-order valence-corrected chi connectivity index (χ2v) is 8.30. The standard InChI is InChI=1S/C24H30N2O4/c1-18-21(19-6-8-20(29-2)9-7-19)4-3-5-22(18)23(27)26-11-10-24(28,17-26)16-25-12-14-30-15-13-25/h3-9,28H,10-17H2,1-2H3/t24-/m0/s1. The lowest BCUT2D eigenvalue weighted by Crippen LogP contribution is -2.49. The van der Waals surface area contributed by atoms with E-state index in [0.717, 1.165) is 35.5 Å². The Morgan fingerprint density at radius 3 is 2.57 bits per heavy atom. The molecule has 2 aromatic carbocycles. The summed E-state index contributed by atoms with van der Waals surface area (Å²) in [5, 5.41) is 11.1. The molecule has 2 saturated heterocycles. The zero-order chi connectivity index (χ0) is 21.1. The number of methoxy groups -OCH3 is 1. The number of hydrogen-bond donors (Lipinski definition) is 1. The van der Waals surface area contributed by atoms with E-state index in [4.69, 9.17) is 9.47 Å². The van der Waals surface area contributed by atoms with Crippen LogP contribution < -0.4 is 4.74 Å². The maximum Gasteiger partial charge on any atom is 0.254 e. The van der Waals surface area contributed by atoms with Crippen molar-refractivity contribution < 1.29 is 19.4 Å². The summed E-state index contributed by atoms with van der Waals surface area (Å²) < 4.78 is 10.6. The topological polar surface area (TPSA) is 62.2 Å². The van der Waals surface area contributed by atoms with Gasteiger partial charge < -0.3 is 19.5 Å². The minimum absolute atomic E-state index is 0.0132. The van der Waals surface area contributed by atoms with Crippen LogP contribution in [0.2, 0.25) is 0 Å². The van der Waals surface area contributed by atoms with Crippen LogP contribution in [0.4, 0.5) is 0 Å². The maximum absolute atomic E-state index is 13.3. The third kappa shape index (κ3) is 4.36. The van der Waals surface area contributed by atoms with Crippen molar-refractivity contribution in [2.24, 2.45) is 0 Å². The molecule has 1 amide bonds. The second kappa shape index (κ2) is 8.76. The van der Waals surface area contributed by atoms with E-state index >= 15 is 0 Å². The first-order valence-electron chi connectivity index (χ1n) is 10.5. The molecule has 160 valence electrons. The molecular formula is C24H30N2O4. The van der Waals surface area contributed by atoms with Crippen LogP contribution in [0.15, 0.2) is 42.5 Å². The van der Waals surface area contributed by atoms with Crippen molar-refractivity contribution in [3.63, 3.8) is 0 Å². The number of amides is 1. The van der Waals surface area contributed by atoms with E-state index in [9.17, 15) is 9.90 Å². The van der Waals surface area contributed by atoms with Gasteiger partial charge in [0.05, 0.1) is 32.5 Å². The number of rotatable bonds is 5. The van der Waals surface area contributed by atoms with Gasteiger partial charge in [-0.2, -0.15) is 0 Å². The Hall–Kier alpha value is -2.41. The maximum atomic E-state index is 13.3. The Kier molecular flexibility index (Phi) is 6.09. The van der Waals surface area contributed by atoms with E-state index in [1.807, 2.05) is 49.4 Å². The highest BCUT2D eigenvalue weighted by Gasteiger charge is 2.40. The van der Waals surface area contributed by atoms with Crippen LogP contribution in [0, 0.1) is 6.92 Å². The number of likely N-dealkylation sites (tertiary alicyclic amines) is 1. The SMILES string of the molecule is COc1ccc(-c2cccc(C(=O)N3CC[C@](O)(CN4CCOCC4)C3)c2C)cc1. The molecule has 2 aromatic rings. The highest BCUT2D eigenvalue weighted by Crippen LogP contribution is 2.30. The molecule has 2 heterocycles. The van der Waals surface area contributed by atoms with Crippen LogP contribution in [0.3, 0.4) is 0 Å². The van der Waals surface area contributed by atoms with Crippen LogP contribution in [0.25, 0.3) is 11.1 Å². The average Bonchev–Trinajstić information content (AvgIpc) is 3.16. The van der Waals surface area contributed by atoms with Gasteiger partial charge in [-0.3, -0.25) is 9.69 Å². The van der Waals surface area contributed by atoms with E-state index < -0.39 is 5.60 Å². The van der Waals surface area contributed by atoms with Gasteiger partial charge in [-0.25, -0.2) is 0 Å². The fourth-order valence-electron chi connectivity index (χ4n) is 4.46. The summed E-state index contributed by atoms with van der Waals surface area (Å²) in [7, 11) is 1.65.